The molecule has 2 heterocycles. The minimum absolute atomic E-state index is 0.317. The molecule has 0 N–H and O–H groups in total. The third kappa shape index (κ3) is 2.07. The number of nitriles is 1. The fraction of sp³-hybridized carbons (Fsp3) is 0.214. The molecule has 2 aromatic heterocycles. The molecular weight excluding hydrogens is 292 g/mol. The minimum atomic E-state index is 0.317. The van der Waals surface area contributed by atoms with E-state index in [-0.39, 0.29) is 0 Å². The van der Waals surface area contributed by atoms with E-state index in [0.717, 1.165) is 17.0 Å². The molecular formula is C14H11ClN4S. The van der Waals surface area contributed by atoms with E-state index in [1.807, 2.05) is 24.6 Å². The summed E-state index contributed by atoms with van der Waals surface area (Å²) < 4.78 is 2.06. The molecule has 20 heavy (non-hydrogen) atoms. The maximum Gasteiger partial charge on any atom is 0.125 e. The summed E-state index contributed by atoms with van der Waals surface area (Å²) in [7, 11) is 0. The topological polar surface area (TPSA) is 54.5 Å². The molecule has 0 unspecified atom stereocenters. The molecule has 3 rings (SSSR count). The fourth-order valence-corrected chi connectivity index (χ4v) is 3.15. The van der Waals surface area contributed by atoms with Gasteiger partial charge < -0.3 is 4.57 Å². The van der Waals surface area contributed by atoms with Crippen LogP contribution in [0.3, 0.4) is 0 Å². The molecule has 1 aromatic carbocycles. The molecule has 0 atom stereocenters. The largest absolute Gasteiger partial charge is 0.322 e. The van der Waals surface area contributed by atoms with E-state index < -0.39 is 0 Å². The maximum atomic E-state index is 9.17. The van der Waals surface area contributed by atoms with Crippen molar-refractivity contribution in [3.63, 3.8) is 0 Å². The standard InChI is InChI=1S/C14H11ClN4S/c1-9-12(20-8-17-9)7-19-11-4-2-3-10(6-16)14(11)18-13(19)5-15/h2-4,8H,5,7H2,1H3. The van der Waals surface area contributed by atoms with Crippen LogP contribution in [0.5, 0.6) is 0 Å². The third-order valence-corrected chi connectivity index (χ3v) is 4.40. The Morgan fingerprint density at radius 1 is 1.45 bits per heavy atom. The number of thiazole rings is 1. The van der Waals surface area contributed by atoms with E-state index in [4.69, 9.17) is 16.9 Å². The molecule has 0 amide bonds. The highest BCUT2D eigenvalue weighted by Crippen LogP contribution is 2.24. The van der Waals surface area contributed by atoms with Gasteiger partial charge in [0.25, 0.3) is 0 Å². The first-order valence-corrected chi connectivity index (χ1v) is 7.49. The number of aryl methyl sites for hydroxylation is 1. The third-order valence-electron chi connectivity index (χ3n) is 3.24. The summed E-state index contributed by atoms with van der Waals surface area (Å²) in [5.74, 6) is 1.09. The van der Waals surface area contributed by atoms with Crippen LogP contribution in [0.15, 0.2) is 23.7 Å². The molecule has 0 saturated heterocycles. The summed E-state index contributed by atoms with van der Waals surface area (Å²) in [6, 6.07) is 7.79. The van der Waals surface area contributed by atoms with Gasteiger partial charge in [0.2, 0.25) is 0 Å². The highest BCUT2D eigenvalue weighted by molar-refractivity contribution is 7.09. The van der Waals surface area contributed by atoms with Crippen LogP contribution < -0.4 is 0 Å². The zero-order valence-electron chi connectivity index (χ0n) is 10.8. The van der Waals surface area contributed by atoms with Crippen molar-refractivity contribution in [2.24, 2.45) is 0 Å². The Labute approximate surface area is 125 Å². The van der Waals surface area contributed by atoms with Crippen LogP contribution in [0, 0.1) is 18.3 Å². The van der Waals surface area contributed by atoms with E-state index in [0.29, 0.717) is 23.5 Å². The van der Waals surface area contributed by atoms with Gasteiger partial charge in [0, 0.05) is 4.88 Å². The van der Waals surface area contributed by atoms with Crippen LogP contribution in [-0.4, -0.2) is 14.5 Å². The van der Waals surface area contributed by atoms with Gasteiger partial charge in [-0.2, -0.15) is 5.26 Å². The Hall–Kier alpha value is -1.90. The van der Waals surface area contributed by atoms with Gasteiger partial charge in [0.1, 0.15) is 17.4 Å². The molecule has 3 aromatic rings. The SMILES string of the molecule is Cc1ncsc1Cn1c(CCl)nc2c(C#N)cccc21. The Kier molecular flexibility index (Phi) is 3.43. The number of nitrogens with zero attached hydrogens (tertiary/aromatic N) is 4. The summed E-state index contributed by atoms with van der Waals surface area (Å²) in [5.41, 5.74) is 5.09. The van der Waals surface area contributed by atoms with E-state index in [2.05, 4.69) is 20.6 Å². The molecule has 0 fully saturated rings. The first-order chi connectivity index (χ1) is 9.74. The second-order valence-corrected chi connectivity index (χ2v) is 5.60. The van der Waals surface area contributed by atoms with E-state index in [9.17, 15) is 0 Å². The lowest BCUT2D eigenvalue weighted by Gasteiger charge is -2.06. The van der Waals surface area contributed by atoms with E-state index in [1.165, 1.54) is 4.88 Å². The van der Waals surface area contributed by atoms with Gasteiger partial charge in [-0.15, -0.1) is 22.9 Å². The van der Waals surface area contributed by atoms with Gasteiger partial charge in [-0.3, -0.25) is 0 Å². The average molecular weight is 303 g/mol. The summed E-state index contributed by atoms with van der Waals surface area (Å²) in [4.78, 5) is 9.95. The lowest BCUT2D eigenvalue weighted by atomic mass is 10.2. The monoisotopic (exact) mass is 302 g/mol. The number of aromatic nitrogens is 3. The van der Waals surface area contributed by atoms with E-state index >= 15 is 0 Å². The van der Waals surface area contributed by atoms with Gasteiger partial charge in [-0.25, -0.2) is 9.97 Å². The van der Waals surface area contributed by atoms with Crippen LogP contribution in [0.4, 0.5) is 0 Å². The number of rotatable bonds is 3. The fourth-order valence-electron chi connectivity index (χ4n) is 2.19. The van der Waals surface area contributed by atoms with Gasteiger partial charge in [-0.1, -0.05) is 6.07 Å². The Balaban J connectivity index is 2.19. The van der Waals surface area contributed by atoms with E-state index in [1.54, 1.807) is 17.4 Å². The highest BCUT2D eigenvalue weighted by Gasteiger charge is 2.14. The van der Waals surface area contributed by atoms with Crippen molar-refractivity contribution < 1.29 is 0 Å². The number of alkyl halides is 1. The Morgan fingerprint density at radius 3 is 2.95 bits per heavy atom. The van der Waals surface area contributed by atoms with Crippen molar-refractivity contribution in [1.29, 1.82) is 5.26 Å². The van der Waals surface area contributed by atoms with Crippen LogP contribution in [0.2, 0.25) is 0 Å². The number of benzene rings is 1. The predicted molar refractivity (Wildman–Crippen MR) is 80.0 cm³/mol. The van der Waals surface area contributed by atoms with Crippen molar-refractivity contribution >= 4 is 34.0 Å². The number of hydrogen-bond donors (Lipinski definition) is 0. The predicted octanol–water partition coefficient (Wildman–Crippen LogP) is 3.46. The van der Waals surface area contributed by atoms with Gasteiger partial charge >= 0.3 is 0 Å². The van der Waals surface area contributed by atoms with Crippen molar-refractivity contribution in [2.45, 2.75) is 19.3 Å². The van der Waals surface area contributed by atoms with Gasteiger partial charge in [-0.05, 0) is 19.1 Å². The second-order valence-electron chi connectivity index (χ2n) is 4.39. The Bertz CT molecular complexity index is 812. The molecule has 0 spiro atoms. The first kappa shape index (κ1) is 13.1. The molecule has 6 heteroatoms. The molecule has 4 nitrogen and oxygen atoms in total. The van der Waals surface area contributed by atoms with Crippen molar-refractivity contribution in [1.82, 2.24) is 14.5 Å². The molecule has 0 aliphatic rings. The minimum Gasteiger partial charge on any atom is -0.322 e. The molecule has 100 valence electrons. The first-order valence-electron chi connectivity index (χ1n) is 6.07. The number of halogens is 1. The summed E-state index contributed by atoms with van der Waals surface area (Å²) >= 11 is 7.62. The second kappa shape index (κ2) is 5.23. The van der Waals surface area contributed by atoms with Crippen LogP contribution in [0.1, 0.15) is 22.0 Å². The quantitative estimate of drug-likeness (QED) is 0.696. The van der Waals surface area contributed by atoms with Gasteiger partial charge in [0.05, 0.1) is 34.7 Å². The Morgan fingerprint density at radius 2 is 2.30 bits per heavy atom. The van der Waals surface area contributed by atoms with Crippen molar-refractivity contribution in [2.75, 3.05) is 0 Å². The summed E-state index contributed by atoms with van der Waals surface area (Å²) in [6.45, 7) is 2.68. The van der Waals surface area contributed by atoms with Crippen LogP contribution >= 0.6 is 22.9 Å². The molecule has 0 aliphatic carbocycles. The average Bonchev–Trinajstić information content (AvgIpc) is 3.03. The summed E-state index contributed by atoms with van der Waals surface area (Å²) in [5, 5.41) is 9.17. The number of para-hydroxylation sites is 1. The number of hydrogen-bond acceptors (Lipinski definition) is 4. The lowest BCUT2D eigenvalue weighted by molar-refractivity contribution is 0.783. The lowest BCUT2D eigenvalue weighted by Crippen LogP contribution is -2.03. The van der Waals surface area contributed by atoms with Crippen LogP contribution in [-0.2, 0) is 12.4 Å². The maximum absolute atomic E-state index is 9.17. The molecule has 0 radical (unpaired) electrons. The van der Waals surface area contributed by atoms with Crippen LogP contribution in [0.25, 0.3) is 11.0 Å². The smallest absolute Gasteiger partial charge is 0.125 e. The zero-order chi connectivity index (χ0) is 14.1. The molecule has 0 aliphatic heterocycles. The highest BCUT2D eigenvalue weighted by atomic mass is 35.5. The molecule has 0 bridgehead atoms. The molecule has 0 saturated carbocycles. The van der Waals surface area contributed by atoms with Gasteiger partial charge in [0.15, 0.2) is 0 Å². The number of imidazole rings is 1. The number of fused-ring (bicyclic) bond motifs is 1. The summed E-state index contributed by atoms with van der Waals surface area (Å²) in [6.07, 6.45) is 0. The normalized spacial score (nSPS) is 10.8. The zero-order valence-corrected chi connectivity index (χ0v) is 12.4. The van der Waals surface area contributed by atoms with Crippen molar-refractivity contribution in [3.05, 3.63) is 45.7 Å². The van der Waals surface area contributed by atoms with Crippen molar-refractivity contribution in [3.8, 4) is 6.07 Å².